The highest BCUT2D eigenvalue weighted by Crippen LogP contribution is 2.51. The maximum atomic E-state index is 13.9. The molecule has 2 N–H and O–H groups in total. The lowest BCUT2D eigenvalue weighted by atomic mass is 9.71. The van der Waals surface area contributed by atoms with E-state index in [9.17, 15) is 9.59 Å². The van der Waals surface area contributed by atoms with Crippen LogP contribution in [-0.4, -0.2) is 51.5 Å². The number of carbonyl (C=O) groups excluding carboxylic acids is 2. The molecule has 1 spiro atoms. The van der Waals surface area contributed by atoms with Gasteiger partial charge in [-0.05, 0) is 49.4 Å². The van der Waals surface area contributed by atoms with E-state index in [1.165, 1.54) is 0 Å². The van der Waals surface area contributed by atoms with E-state index in [-0.39, 0.29) is 17.9 Å². The molecular weight excluding hydrogens is 416 g/mol. The third-order valence-electron chi connectivity index (χ3n) is 7.60. The van der Waals surface area contributed by atoms with Gasteiger partial charge in [0.2, 0.25) is 11.9 Å². The molecule has 3 heterocycles. The van der Waals surface area contributed by atoms with Gasteiger partial charge in [-0.3, -0.25) is 14.9 Å². The molecule has 33 heavy (non-hydrogen) atoms. The van der Waals surface area contributed by atoms with E-state index in [0.29, 0.717) is 18.1 Å². The summed E-state index contributed by atoms with van der Waals surface area (Å²) < 4.78 is 5.91. The number of amides is 2. The summed E-state index contributed by atoms with van der Waals surface area (Å²) in [5.74, 6) is -0.109. The second-order valence-corrected chi connectivity index (χ2v) is 9.47. The third kappa shape index (κ3) is 3.33. The molecular formula is C26H28N4O3. The summed E-state index contributed by atoms with van der Waals surface area (Å²) in [6.07, 6.45) is 5.66. The molecule has 0 radical (unpaired) electrons. The Morgan fingerprint density at radius 3 is 2.70 bits per heavy atom. The molecule has 2 fully saturated rings. The molecule has 3 aliphatic rings. The van der Waals surface area contributed by atoms with E-state index in [4.69, 9.17) is 4.74 Å². The molecule has 6 rings (SSSR count). The molecule has 2 aromatic carbocycles. The number of ether oxygens (including phenoxy) is 1. The van der Waals surface area contributed by atoms with Crippen LogP contribution in [0.1, 0.15) is 60.4 Å². The largest absolute Gasteiger partial charge is 0.376 e. The number of carbonyl (C=O) groups is 2. The number of fused-ring (bicyclic) bond motifs is 2. The van der Waals surface area contributed by atoms with Gasteiger partial charge in [0.25, 0.3) is 5.91 Å². The fourth-order valence-corrected chi connectivity index (χ4v) is 6.13. The van der Waals surface area contributed by atoms with E-state index in [1.54, 1.807) is 0 Å². The summed E-state index contributed by atoms with van der Waals surface area (Å²) in [5, 5.41) is 3.05. The van der Waals surface area contributed by atoms with Gasteiger partial charge in [-0.1, -0.05) is 43.2 Å². The molecule has 2 amide bonds. The van der Waals surface area contributed by atoms with E-state index < -0.39 is 11.5 Å². The summed E-state index contributed by atoms with van der Waals surface area (Å²) in [6, 6.07) is 15.3. The molecule has 1 aliphatic carbocycles. The molecule has 0 unspecified atom stereocenters. The van der Waals surface area contributed by atoms with Gasteiger partial charge in [0.05, 0.1) is 28.6 Å². The lowest BCUT2D eigenvalue weighted by Gasteiger charge is -2.50. The van der Waals surface area contributed by atoms with Gasteiger partial charge >= 0.3 is 0 Å². The monoisotopic (exact) mass is 444 g/mol. The summed E-state index contributed by atoms with van der Waals surface area (Å²) >= 11 is 0. The van der Waals surface area contributed by atoms with Crippen molar-refractivity contribution in [2.45, 2.75) is 56.1 Å². The molecule has 1 saturated carbocycles. The first kappa shape index (κ1) is 20.4. The second kappa shape index (κ2) is 7.99. The normalized spacial score (nSPS) is 23.9. The smallest absolute Gasteiger partial charge is 0.254 e. The molecule has 2 atom stereocenters. The van der Waals surface area contributed by atoms with E-state index in [1.807, 2.05) is 53.4 Å². The van der Waals surface area contributed by atoms with Crippen molar-refractivity contribution in [3.8, 4) is 0 Å². The summed E-state index contributed by atoms with van der Waals surface area (Å²) in [5.41, 5.74) is 2.60. The number of benzene rings is 2. The first-order chi connectivity index (χ1) is 16.2. The zero-order valence-electron chi connectivity index (χ0n) is 18.5. The van der Waals surface area contributed by atoms with Gasteiger partial charge in [0, 0.05) is 18.7 Å². The number of rotatable bonds is 4. The highest BCUT2D eigenvalue weighted by molar-refractivity contribution is 6.05. The number of nitrogens with zero attached hydrogens (tertiary/aromatic N) is 2. The van der Waals surface area contributed by atoms with Crippen LogP contribution < -0.4 is 5.32 Å². The van der Waals surface area contributed by atoms with Crippen LogP contribution in [0.5, 0.6) is 0 Å². The quantitative estimate of drug-likeness (QED) is 0.630. The van der Waals surface area contributed by atoms with Gasteiger partial charge in [-0.2, -0.15) is 0 Å². The van der Waals surface area contributed by atoms with Crippen LogP contribution in [0.3, 0.4) is 0 Å². The Kier molecular flexibility index (Phi) is 4.94. The Morgan fingerprint density at radius 2 is 1.91 bits per heavy atom. The molecule has 7 nitrogen and oxygen atoms in total. The van der Waals surface area contributed by atoms with Gasteiger partial charge in [0.15, 0.2) is 0 Å². The Hall–Kier alpha value is -3.19. The number of hydrogen-bond donors (Lipinski definition) is 2. The lowest BCUT2D eigenvalue weighted by Crippen LogP contribution is -2.61. The van der Waals surface area contributed by atoms with Crippen molar-refractivity contribution in [3.05, 3.63) is 59.7 Å². The molecule has 1 saturated heterocycles. The predicted octanol–water partition coefficient (Wildman–Crippen LogP) is 4.23. The van der Waals surface area contributed by atoms with E-state index in [2.05, 4.69) is 15.3 Å². The number of anilines is 1. The average molecular weight is 445 g/mol. The van der Waals surface area contributed by atoms with Crippen molar-refractivity contribution < 1.29 is 14.3 Å². The van der Waals surface area contributed by atoms with Crippen molar-refractivity contribution in [2.24, 2.45) is 0 Å². The van der Waals surface area contributed by atoms with Crippen LogP contribution in [0, 0.1) is 0 Å². The van der Waals surface area contributed by atoms with E-state index in [0.717, 1.165) is 61.7 Å². The molecule has 2 aliphatic heterocycles. The third-order valence-corrected chi connectivity index (χ3v) is 7.60. The fraction of sp³-hybridized carbons (Fsp3) is 0.423. The highest BCUT2D eigenvalue weighted by atomic mass is 16.5. The molecule has 7 heteroatoms. The number of H-pyrrole nitrogens is 1. The number of hydrogen-bond acceptors (Lipinski definition) is 4. The molecule has 0 bridgehead atoms. The Bertz CT molecular complexity index is 1170. The second-order valence-electron chi connectivity index (χ2n) is 9.47. The van der Waals surface area contributed by atoms with Crippen molar-refractivity contribution in [3.63, 3.8) is 0 Å². The average Bonchev–Trinajstić information content (AvgIpc) is 3.58. The number of aromatic nitrogens is 2. The zero-order valence-corrected chi connectivity index (χ0v) is 18.5. The van der Waals surface area contributed by atoms with Gasteiger partial charge < -0.3 is 14.6 Å². The zero-order chi connectivity index (χ0) is 22.4. The van der Waals surface area contributed by atoms with Crippen LogP contribution in [0.25, 0.3) is 11.0 Å². The minimum absolute atomic E-state index is 0.0239. The topological polar surface area (TPSA) is 87.3 Å². The Labute approximate surface area is 192 Å². The number of nitrogens with one attached hydrogen (secondary N) is 2. The Morgan fingerprint density at radius 1 is 1.12 bits per heavy atom. The van der Waals surface area contributed by atoms with Crippen LogP contribution >= 0.6 is 0 Å². The van der Waals surface area contributed by atoms with Crippen molar-refractivity contribution in [1.82, 2.24) is 14.9 Å². The number of para-hydroxylation sites is 2. The Balaban J connectivity index is 1.41. The summed E-state index contributed by atoms with van der Waals surface area (Å²) in [4.78, 5) is 37.4. The number of aromatic amines is 1. The van der Waals surface area contributed by atoms with Crippen molar-refractivity contribution in [2.75, 3.05) is 18.5 Å². The van der Waals surface area contributed by atoms with Crippen LogP contribution in [-0.2, 0) is 9.53 Å². The number of imidazole rings is 1. The highest BCUT2D eigenvalue weighted by Gasteiger charge is 2.56. The minimum Gasteiger partial charge on any atom is -0.376 e. The first-order valence-corrected chi connectivity index (χ1v) is 11.9. The standard InChI is InChI=1S/C26H28N4O3/c31-23(29-25-27-20-11-3-4-12-21(20)28-25)22-18-9-1-2-10-19(18)24(32)30(16-17-8-7-15-33-17)26(22)13-5-6-14-26/h1-4,9-12,17,22H,5-8,13-16H2,(H2,27,28,29,31)/t17-,22+/m1/s1. The summed E-state index contributed by atoms with van der Waals surface area (Å²) in [7, 11) is 0. The maximum absolute atomic E-state index is 13.9. The SMILES string of the molecule is O=C(Nc1nc2ccccc2[nH]1)[C@@H]1c2ccccc2C(=O)N(C[C@H]2CCCO2)C12CCCC2. The predicted molar refractivity (Wildman–Crippen MR) is 125 cm³/mol. The van der Waals surface area contributed by atoms with Crippen LogP contribution in [0.2, 0.25) is 0 Å². The lowest BCUT2D eigenvalue weighted by molar-refractivity contribution is -0.121. The minimum atomic E-state index is -0.534. The molecule has 1 aromatic heterocycles. The summed E-state index contributed by atoms with van der Waals surface area (Å²) in [6.45, 7) is 1.29. The van der Waals surface area contributed by atoms with Crippen molar-refractivity contribution >= 4 is 28.8 Å². The van der Waals surface area contributed by atoms with E-state index >= 15 is 0 Å². The fourth-order valence-electron chi connectivity index (χ4n) is 6.13. The van der Waals surface area contributed by atoms with Gasteiger partial charge in [-0.25, -0.2) is 4.98 Å². The molecule has 170 valence electrons. The van der Waals surface area contributed by atoms with Gasteiger partial charge in [0.1, 0.15) is 0 Å². The van der Waals surface area contributed by atoms with Crippen LogP contribution in [0.15, 0.2) is 48.5 Å². The maximum Gasteiger partial charge on any atom is 0.254 e. The van der Waals surface area contributed by atoms with Gasteiger partial charge in [-0.15, -0.1) is 0 Å². The molecule has 3 aromatic rings. The van der Waals surface area contributed by atoms with Crippen LogP contribution in [0.4, 0.5) is 5.95 Å². The first-order valence-electron chi connectivity index (χ1n) is 11.9. The van der Waals surface area contributed by atoms with Crippen molar-refractivity contribution in [1.29, 1.82) is 0 Å².